The van der Waals surface area contributed by atoms with Crippen molar-refractivity contribution in [1.82, 2.24) is 5.32 Å². The number of nitrogens with one attached hydrogen (secondary N) is 1. The summed E-state index contributed by atoms with van der Waals surface area (Å²) >= 11 is 0. The third kappa shape index (κ3) is 7.07. The molecule has 5 N–H and O–H groups in total. The minimum Gasteiger partial charge on any atom is -0.479 e. The third-order valence-electron chi connectivity index (χ3n) is 5.28. The molecule has 0 bridgehead atoms. The number of unbranched alkanes of at least 4 members (excludes halogenated alkanes) is 1. The minimum absolute atomic E-state index is 0.0114. The number of carboxylic acids is 1. The molecule has 1 aliphatic rings. The van der Waals surface area contributed by atoms with Crippen LogP contribution >= 0.6 is 0 Å². The number of carboxylic acid groups (broad SMARTS) is 1. The van der Waals surface area contributed by atoms with Crippen molar-refractivity contribution in [2.75, 3.05) is 13.1 Å². The first kappa shape index (κ1) is 25.9. The lowest BCUT2D eigenvalue weighted by Gasteiger charge is -2.37. The molecule has 0 aliphatic carbocycles. The predicted octanol–water partition coefficient (Wildman–Crippen LogP) is 0.00912. The number of aliphatic carboxylic acids is 1. The van der Waals surface area contributed by atoms with Gasteiger partial charge in [0, 0.05) is 24.4 Å². The van der Waals surface area contributed by atoms with Gasteiger partial charge in [0.15, 0.2) is 11.9 Å². The molecule has 0 amide bonds. The molecule has 6 atom stereocenters. The van der Waals surface area contributed by atoms with Gasteiger partial charge in [0.1, 0.15) is 18.3 Å². The van der Waals surface area contributed by atoms with Crippen LogP contribution in [0, 0.1) is 12.8 Å². The quantitative estimate of drug-likeness (QED) is 0.175. The van der Waals surface area contributed by atoms with Gasteiger partial charge in [-0.25, -0.2) is 4.79 Å². The molecule has 0 saturated carbocycles. The molecule has 0 aromatic heterocycles. The van der Waals surface area contributed by atoms with Crippen molar-refractivity contribution in [3.05, 3.63) is 35.4 Å². The Labute approximate surface area is 186 Å². The van der Waals surface area contributed by atoms with Crippen molar-refractivity contribution in [1.29, 1.82) is 0 Å². The van der Waals surface area contributed by atoms with Crippen LogP contribution in [0.3, 0.4) is 0 Å². The summed E-state index contributed by atoms with van der Waals surface area (Å²) in [6.45, 7) is 4.88. The average Bonchev–Trinajstić information content (AvgIpc) is 2.76. The summed E-state index contributed by atoms with van der Waals surface area (Å²) < 4.78 is 9.83. The van der Waals surface area contributed by atoms with Crippen molar-refractivity contribution in [2.45, 2.75) is 63.8 Å². The lowest BCUT2D eigenvalue weighted by atomic mass is 9.98. The summed E-state index contributed by atoms with van der Waals surface area (Å²) in [6, 6.07) is 7.42. The summed E-state index contributed by atoms with van der Waals surface area (Å²) in [5, 5.41) is 41.4. The van der Waals surface area contributed by atoms with Crippen LogP contribution in [0.5, 0.6) is 0 Å². The van der Waals surface area contributed by atoms with Crippen LogP contribution in [-0.4, -0.2) is 81.9 Å². The van der Waals surface area contributed by atoms with Gasteiger partial charge in [-0.1, -0.05) is 36.8 Å². The summed E-state index contributed by atoms with van der Waals surface area (Å²) in [7, 11) is 0. The zero-order valence-corrected chi connectivity index (χ0v) is 18.1. The van der Waals surface area contributed by atoms with E-state index in [1.807, 2.05) is 38.1 Å². The van der Waals surface area contributed by atoms with E-state index >= 15 is 0 Å². The molecule has 1 aliphatic heterocycles. The summed E-state index contributed by atoms with van der Waals surface area (Å²) in [5.74, 6) is -2.42. The fraction of sp³-hybridized carbons (Fsp3) is 0.591. The van der Waals surface area contributed by atoms with Crippen molar-refractivity contribution in [2.24, 2.45) is 5.92 Å². The van der Waals surface area contributed by atoms with E-state index in [1.165, 1.54) is 0 Å². The van der Waals surface area contributed by atoms with Gasteiger partial charge in [-0.2, -0.15) is 0 Å². The largest absolute Gasteiger partial charge is 0.479 e. The Morgan fingerprint density at radius 2 is 1.72 bits per heavy atom. The second-order valence-corrected chi connectivity index (χ2v) is 8.02. The van der Waals surface area contributed by atoms with Gasteiger partial charge < -0.3 is 35.2 Å². The topological polar surface area (TPSA) is 163 Å². The molecule has 10 heteroatoms. The number of esters is 1. The smallest absolute Gasteiger partial charge is 0.335 e. The molecule has 10 nitrogen and oxygen atoms in total. The number of ether oxygens (including phenoxy) is 2. The Kier molecular flexibility index (Phi) is 9.73. The first-order chi connectivity index (χ1) is 15.1. The molecule has 2 rings (SSSR count). The van der Waals surface area contributed by atoms with E-state index in [2.05, 4.69) is 5.32 Å². The third-order valence-corrected chi connectivity index (χ3v) is 5.28. The molecular formula is C22H31NO9. The molecule has 1 aromatic carbocycles. The molecule has 1 aromatic rings. The van der Waals surface area contributed by atoms with Crippen LogP contribution in [-0.2, 0) is 19.1 Å². The monoisotopic (exact) mass is 453 g/mol. The number of benzene rings is 1. The Bertz CT molecular complexity index is 782. The lowest BCUT2D eigenvalue weighted by molar-refractivity contribution is -0.286. The molecule has 0 spiro atoms. The van der Waals surface area contributed by atoms with E-state index in [9.17, 15) is 29.7 Å². The number of rotatable bonds is 11. The van der Waals surface area contributed by atoms with Gasteiger partial charge in [0.05, 0.1) is 0 Å². The number of ketones is 1. The fourth-order valence-electron chi connectivity index (χ4n) is 3.27. The number of carbonyl (C=O) groups is 3. The molecule has 1 fully saturated rings. The average molecular weight is 453 g/mol. The molecule has 0 radical (unpaired) electrons. The van der Waals surface area contributed by atoms with Gasteiger partial charge in [-0.05, 0) is 26.3 Å². The first-order valence-electron chi connectivity index (χ1n) is 10.6. The van der Waals surface area contributed by atoms with E-state index in [4.69, 9.17) is 14.6 Å². The zero-order chi connectivity index (χ0) is 23.8. The van der Waals surface area contributed by atoms with Crippen LogP contribution in [0.25, 0.3) is 0 Å². The number of hydrogen-bond donors (Lipinski definition) is 5. The molecule has 6 unspecified atom stereocenters. The maximum absolute atomic E-state index is 12.4. The van der Waals surface area contributed by atoms with Gasteiger partial charge in [-0.15, -0.1) is 0 Å². The Balaban J connectivity index is 1.65. The number of aryl methyl sites for hydroxylation is 1. The maximum atomic E-state index is 12.4. The summed E-state index contributed by atoms with van der Waals surface area (Å²) in [4.78, 5) is 35.4. The van der Waals surface area contributed by atoms with E-state index in [-0.39, 0.29) is 18.1 Å². The number of hydrogen-bond acceptors (Lipinski definition) is 9. The van der Waals surface area contributed by atoms with Crippen LogP contribution in [0.4, 0.5) is 0 Å². The van der Waals surface area contributed by atoms with Crippen LogP contribution < -0.4 is 5.32 Å². The van der Waals surface area contributed by atoms with Gasteiger partial charge in [0.2, 0.25) is 6.29 Å². The van der Waals surface area contributed by atoms with Gasteiger partial charge >= 0.3 is 11.9 Å². The molecular weight excluding hydrogens is 422 g/mol. The van der Waals surface area contributed by atoms with E-state index in [0.29, 0.717) is 31.5 Å². The first-order valence-corrected chi connectivity index (χ1v) is 10.6. The maximum Gasteiger partial charge on any atom is 0.335 e. The Hall–Kier alpha value is -2.37. The van der Waals surface area contributed by atoms with Crippen LogP contribution in [0.2, 0.25) is 0 Å². The van der Waals surface area contributed by atoms with Crippen LogP contribution in [0.1, 0.15) is 42.1 Å². The van der Waals surface area contributed by atoms with Crippen molar-refractivity contribution in [3.63, 3.8) is 0 Å². The van der Waals surface area contributed by atoms with E-state index < -0.39 is 42.6 Å². The van der Waals surface area contributed by atoms with Gasteiger partial charge in [-0.3, -0.25) is 9.59 Å². The SMILES string of the molecule is Cc1ccc(C(=O)C(C)CNCCCCC(=O)OC2OC(C(=O)O)C(O)C(O)C2O)cc1. The second-order valence-electron chi connectivity index (χ2n) is 8.02. The predicted molar refractivity (Wildman–Crippen MR) is 112 cm³/mol. The molecule has 32 heavy (non-hydrogen) atoms. The highest BCUT2D eigenvalue weighted by molar-refractivity contribution is 5.97. The standard InChI is InChI=1S/C22H31NO9/c1-12-6-8-14(9-7-12)16(25)13(2)11-23-10-4-3-5-15(24)31-22-19(28)17(26)18(27)20(32-22)21(29)30/h6-9,13,17-20,22-23,26-28H,3-5,10-11H2,1-2H3,(H,29,30). The van der Waals surface area contributed by atoms with E-state index in [1.54, 1.807) is 0 Å². The summed E-state index contributed by atoms with van der Waals surface area (Å²) in [5.41, 5.74) is 1.76. The second kappa shape index (κ2) is 12.0. The lowest BCUT2D eigenvalue weighted by Crippen LogP contribution is -2.60. The Morgan fingerprint density at radius 3 is 2.34 bits per heavy atom. The van der Waals surface area contributed by atoms with Crippen molar-refractivity contribution < 1.29 is 44.3 Å². The molecule has 1 saturated heterocycles. The van der Waals surface area contributed by atoms with Crippen LogP contribution in [0.15, 0.2) is 24.3 Å². The molecule has 1 heterocycles. The highest BCUT2D eigenvalue weighted by atomic mass is 16.7. The number of aliphatic hydroxyl groups excluding tert-OH is 3. The normalized spacial score (nSPS) is 26.3. The molecule has 178 valence electrons. The Morgan fingerprint density at radius 1 is 1.06 bits per heavy atom. The number of Topliss-reactive ketones (excluding diaryl/α,β-unsaturated/α-hetero) is 1. The highest BCUT2D eigenvalue weighted by Crippen LogP contribution is 2.23. The number of aliphatic hydroxyl groups is 3. The highest BCUT2D eigenvalue weighted by Gasteiger charge is 2.48. The fourth-order valence-corrected chi connectivity index (χ4v) is 3.27. The number of carbonyl (C=O) groups excluding carboxylic acids is 2. The van der Waals surface area contributed by atoms with E-state index in [0.717, 1.165) is 5.56 Å². The van der Waals surface area contributed by atoms with Crippen molar-refractivity contribution >= 4 is 17.7 Å². The zero-order valence-electron chi connectivity index (χ0n) is 18.1. The summed E-state index contributed by atoms with van der Waals surface area (Å²) in [6.07, 6.45) is -7.88. The minimum atomic E-state index is -1.84. The van der Waals surface area contributed by atoms with Crippen molar-refractivity contribution in [3.8, 4) is 0 Å². The van der Waals surface area contributed by atoms with Gasteiger partial charge in [0.25, 0.3) is 0 Å².